The minimum atomic E-state index is 0.145. The lowest BCUT2D eigenvalue weighted by atomic mass is 10.0. The number of hydrogen-bond acceptors (Lipinski definition) is 4. The van der Waals surface area contributed by atoms with Gasteiger partial charge in [-0.2, -0.15) is 0 Å². The van der Waals surface area contributed by atoms with Gasteiger partial charge in [0, 0.05) is 24.2 Å². The lowest BCUT2D eigenvalue weighted by Gasteiger charge is -2.27. The Morgan fingerprint density at radius 3 is 2.25 bits per heavy atom. The molecular formula is C22H32N4O2. The van der Waals surface area contributed by atoms with Gasteiger partial charge >= 0.3 is 0 Å². The Kier molecular flexibility index (Phi) is 8.62. The molecule has 2 aromatic rings. The SMILES string of the molecule is CCNC(=NCc1ccccc1OC)NCC(c1ccccc1OC)N(C)C. The molecule has 0 saturated heterocycles. The zero-order chi connectivity index (χ0) is 20.4. The zero-order valence-electron chi connectivity index (χ0n) is 17.5. The molecule has 0 fully saturated rings. The second kappa shape index (κ2) is 11.2. The van der Waals surface area contributed by atoms with Gasteiger partial charge in [0.15, 0.2) is 5.96 Å². The first-order valence-corrected chi connectivity index (χ1v) is 9.54. The molecule has 1 unspecified atom stereocenters. The third kappa shape index (κ3) is 5.89. The van der Waals surface area contributed by atoms with Gasteiger partial charge in [-0.25, -0.2) is 4.99 Å². The molecule has 0 heterocycles. The third-order valence-electron chi connectivity index (χ3n) is 4.53. The van der Waals surface area contributed by atoms with Gasteiger partial charge in [0.2, 0.25) is 0 Å². The number of ether oxygens (including phenoxy) is 2. The predicted molar refractivity (Wildman–Crippen MR) is 115 cm³/mol. The number of likely N-dealkylation sites (N-methyl/N-ethyl adjacent to an activating group) is 1. The molecule has 2 aromatic carbocycles. The van der Waals surface area contributed by atoms with Crippen LogP contribution in [0.5, 0.6) is 11.5 Å². The van der Waals surface area contributed by atoms with E-state index >= 15 is 0 Å². The van der Waals surface area contributed by atoms with E-state index in [9.17, 15) is 0 Å². The summed E-state index contributed by atoms with van der Waals surface area (Å²) in [5, 5.41) is 6.77. The number of para-hydroxylation sites is 2. The van der Waals surface area contributed by atoms with Gasteiger partial charge in [-0.3, -0.25) is 0 Å². The lowest BCUT2D eigenvalue weighted by molar-refractivity contribution is 0.287. The quantitative estimate of drug-likeness (QED) is 0.514. The van der Waals surface area contributed by atoms with Crippen molar-refractivity contribution in [2.45, 2.75) is 19.5 Å². The first-order chi connectivity index (χ1) is 13.6. The van der Waals surface area contributed by atoms with E-state index in [-0.39, 0.29) is 6.04 Å². The van der Waals surface area contributed by atoms with E-state index in [0.717, 1.165) is 35.1 Å². The monoisotopic (exact) mass is 384 g/mol. The Bertz CT molecular complexity index is 762. The van der Waals surface area contributed by atoms with E-state index in [0.29, 0.717) is 13.1 Å². The summed E-state index contributed by atoms with van der Waals surface area (Å²) in [5.41, 5.74) is 2.19. The number of rotatable bonds is 9. The minimum absolute atomic E-state index is 0.145. The van der Waals surface area contributed by atoms with Gasteiger partial charge < -0.3 is 25.0 Å². The van der Waals surface area contributed by atoms with Crippen molar-refractivity contribution in [2.75, 3.05) is 41.4 Å². The molecular weight excluding hydrogens is 352 g/mol. The molecule has 0 aliphatic carbocycles. The molecule has 0 radical (unpaired) electrons. The van der Waals surface area contributed by atoms with Crippen molar-refractivity contribution in [3.8, 4) is 11.5 Å². The molecule has 0 saturated carbocycles. The molecule has 1 atom stereocenters. The Morgan fingerprint density at radius 1 is 0.964 bits per heavy atom. The molecule has 28 heavy (non-hydrogen) atoms. The maximum Gasteiger partial charge on any atom is 0.191 e. The fourth-order valence-corrected chi connectivity index (χ4v) is 3.05. The van der Waals surface area contributed by atoms with Gasteiger partial charge in [0.1, 0.15) is 11.5 Å². The molecule has 6 nitrogen and oxygen atoms in total. The molecule has 152 valence electrons. The highest BCUT2D eigenvalue weighted by Gasteiger charge is 2.18. The Morgan fingerprint density at radius 2 is 1.61 bits per heavy atom. The Hall–Kier alpha value is -2.73. The zero-order valence-corrected chi connectivity index (χ0v) is 17.5. The van der Waals surface area contributed by atoms with Gasteiger partial charge in [-0.1, -0.05) is 36.4 Å². The van der Waals surface area contributed by atoms with E-state index in [1.54, 1.807) is 14.2 Å². The number of hydrogen-bond donors (Lipinski definition) is 2. The van der Waals surface area contributed by atoms with Crippen LogP contribution in [0.1, 0.15) is 24.1 Å². The number of methoxy groups -OCH3 is 2. The topological polar surface area (TPSA) is 58.1 Å². The highest BCUT2D eigenvalue weighted by molar-refractivity contribution is 5.79. The summed E-state index contributed by atoms with van der Waals surface area (Å²) in [6, 6.07) is 16.2. The molecule has 0 aliphatic rings. The van der Waals surface area contributed by atoms with Gasteiger partial charge in [0.05, 0.1) is 26.8 Å². The fourth-order valence-electron chi connectivity index (χ4n) is 3.05. The maximum atomic E-state index is 5.55. The molecule has 0 aliphatic heterocycles. The Labute approximate surface area is 168 Å². The van der Waals surface area contributed by atoms with Gasteiger partial charge in [-0.05, 0) is 33.2 Å². The Balaban J connectivity index is 2.13. The fraction of sp³-hybridized carbons (Fsp3) is 0.409. The first kappa shape index (κ1) is 21.6. The molecule has 2 rings (SSSR count). The normalized spacial score (nSPS) is 12.6. The first-order valence-electron chi connectivity index (χ1n) is 9.54. The van der Waals surface area contributed by atoms with Crippen LogP contribution in [0.2, 0.25) is 0 Å². The highest BCUT2D eigenvalue weighted by atomic mass is 16.5. The van der Waals surface area contributed by atoms with Crippen molar-refractivity contribution >= 4 is 5.96 Å². The van der Waals surface area contributed by atoms with Crippen LogP contribution in [0, 0.1) is 0 Å². The average Bonchev–Trinajstić information content (AvgIpc) is 2.72. The molecule has 6 heteroatoms. The minimum Gasteiger partial charge on any atom is -0.496 e. The van der Waals surface area contributed by atoms with Crippen molar-refractivity contribution < 1.29 is 9.47 Å². The standard InChI is InChI=1S/C22H32N4O2/c1-6-23-22(24-15-17-11-7-9-13-20(17)27-4)25-16-19(26(2)3)18-12-8-10-14-21(18)28-5/h7-14,19H,6,15-16H2,1-5H3,(H2,23,24,25). The summed E-state index contributed by atoms with van der Waals surface area (Å²) in [6.45, 7) is 4.09. The largest absolute Gasteiger partial charge is 0.496 e. The van der Waals surface area contributed by atoms with Crippen LogP contribution in [0.3, 0.4) is 0 Å². The summed E-state index contributed by atoms with van der Waals surface area (Å²) in [6.07, 6.45) is 0. The van der Waals surface area contributed by atoms with Crippen LogP contribution in [0.15, 0.2) is 53.5 Å². The van der Waals surface area contributed by atoms with E-state index in [1.807, 2.05) is 42.5 Å². The van der Waals surface area contributed by atoms with Crippen LogP contribution in [-0.2, 0) is 6.54 Å². The van der Waals surface area contributed by atoms with E-state index in [4.69, 9.17) is 14.5 Å². The lowest BCUT2D eigenvalue weighted by Crippen LogP contribution is -2.41. The predicted octanol–water partition coefficient (Wildman–Crippen LogP) is 3.06. The number of guanidine groups is 1. The second-order valence-electron chi connectivity index (χ2n) is 6.61. The third-order valence-corrected chi connectivity index (χ3v) is 4.53. The van der Waals surface area contributed by atoms with Crippen LogP contribution < -0.4 is 20.1 Å². The summed E-state index contributed by atoms with van der Waals surface area (Å²) < 4.78 is 11.0. The van der Waals surface area contributed by atoms with Crippen molar-refractivity contribution in [3.63, 3.8) is 0 Å². The van der Waals surface area contributed by atoms with E-state index in [2.05, 4.69) is 42.6 Å². The van der Waals surface area contributed by atoms with Crippen LogP contribution in [0.4, 0.5) is 0 Å². The summed E-state index contributed by atoms with van der Waals surface area (Å²) in [7, 11) is 7.52. The van der Waals surface area contributed by atoms with Crippen LogP contribution in [0.25, 0.3) is 0 Å². The molecule has 0 aromatic heterocycles. The highest BCUT2D eigenvalue weighted by Crippen LogP contribution is 2.27. The number of aliphatic imine (C=N–C) groups is 1. The number of nitrogens with one attached hydrogen (secondary N) is 2. The van der Waals surface area contributed by atoms with Crippen molar-refractivity contribution in [3.05, 3.63) is 59.7 Å². The smallest absolute Gasteiger partial charge is 0.191 e. The molecule has 0 spiro atoms. The van der Waals surface area contributed by atoms with Crippen LogP contribution in [-0.4, -0.2) is 52.3 Å². The van der Waals surface area contributed by atoms with Crippen molar-refractivity contribution in [1.29, 1.82) is 0 Å². The molecule has 0 amide bonds. The van der Waals surface area contributed by atoms with E-state index < -0.39 is 0 Å². The summed E-state index contributed by atoms with van der Waals surface area (Å²) >= 11 is 0. The summed E-state index contributed by atoms with van der Waals surface area (Å²) in [4.78, 5) is 6.90. The van der Waals surface area contributed by atoms with Crippen molar-refractivity contribution in [2.24, 2.45) is 4.99 Å². The van der Waals surface area contributed by atoms with Crippen molar-refractivity contribution in [1.82, 2.24) is 15.5 Å². The molecule has 0 bridgehead atoms. The van der Waals surface area contributed by atoms with Gasteiger partial charge in [-0.15, -0.1) is 0 Å². The average molecular weight is 385 g/mol. The second-order valence-corrected chi connectivity index (χ2v) is 6.61. The summed E-state index contributed by atoms with van der Waals surface area (Å²) in [5.74, 6) is 2.51. The molecule has 2 N–H and O–H groups in total. The van der Waals surface area contributed by atoms with Gasteiger partial charge in [0.25, 0.3) is 0 Å². The number of nitrogens with zero attached hydrogens (tertiary/aromatic N) is 2. The van der Waals surface area contributed by atoms with Crippen LogP contribution >= 0.6 is 0 Å². The maximum absolute atomic E-state index is 5.55. The number of benzene rings is 2. The van der Waals surface area contributed by atoms with E-state index in [1.165, 1.54) is 0 Å².